The fourth-order valence-corrected chi connectivity index (χ4v) is 4.86. The van der Waals surface area contributed by atoms with Gasteiger partial charge in [0.05, 0.1) is 23.8 Å². The summed E-state index contributed by atoms with van der Waals surface area (Å²) in [6, 6.07) is 13.6. The molecule has 0 fully saturated rings. The number of likely N-dealkylation sites (N-methyl/N-ethyl adjacent to an activating group) is 1. The maximum atomic E-state index is 13.4. The molecule has 0 saturated carbocycles. The Morgan fingerprint density at radius 2 is 1.84 bits per heavy atom. The zero-order valence-electron chi connectivity index (χ0n) is 18.2. The van der Waals surface area contributed by atoms with E-state index in [-0.39, 0.29) is 0 Å². The topological polar surface area (TPSA) is 34.1 Å². The SMILES string of the molecule is CCOc1cc2ccccc2c2c1OC1(C=N2)N(C)c2cc(C(F)(F)F)ccc2C1(C)C. The van der Waals surface area contributed by atoms with E-state index in [0.717, 1.165) is 22.4 Å². The summed E-state index contributed by atoms with van der Waals surface area (Å²) in [7, 11) is 1.74. The van der Waals surface area contributed by atoms with Crippen LogP contribution in [0.25, 0.3) is 10.8 Å². The standard InChI is InChI=1S/C25H23F3N2O2/c1-5-31-20-12-15-8-6-7-9-17(15)21-22(20)32-24(14-29-21)23(2,3)18-11-10-16(25(26,27)28)13-19(18)30(24)4/h6-14H,5H2,1-4H3. The van der Waals surface area contributed by atoms with Gasteiger partial charge in [0.1, 0.15) is 5.69 Å². The Hall–Kier alpha value is -3.22. The molecule has 0 bridgehead atoms. The van der Waals surface area contributed by atoms with E-state index in [1.807, 2.05) is 51.1 Å². The molecule has 166 valence electrons. The van der Waals surface area contributed by atoms with Crippen LogP contribution in [0.1, 0.15) is 31.9 Å². The Kier molecular flexibility index (Phi) is 4.29. The highest BCUT2D eigenvalue weighted by Gasteiger charge is 2.59. The molecule has 2 heterocycles. The van der Waals surface area contributed by atoms with Gasteiger partial charge in [0.15, 0.2) is 11.5 Å². The third-order valence-corrected chi connectivity index (χ3v) is 6.62. The quantitative estimate of drug-likeness (QED) is 0.458. The smallest absolute Gasteiger partial charge is 0.416 e. The van der Waals surface area contributed by atoms with Crippen LogP contribution in [0.2, 0.25) is 0 Å². The molecule has 0 amide bonds. The van der Waals surface area contributed by atoms with Crippen LogP contribution in [-0.2, 0) is 11.6 Å². The summed E-state index contributed by atoms with van der Waals surface area (Å²) < 4.78 is 52.8. The number of rotatable bonds is 2. The number of alkyl halides is 3. The van der Waals surface area contributed by atoms with Crippen molar-refractivity contribution in [3.05, 3.63) is 59.7 Å². The average molecular weight is 440 g/mol. The summed E-state index contributed by atoms with van der Waals surface area (Å²) in [6.45, 7) is 6.25. The lowest BCUT2D eigenvalue weighted by molar-refractivity contribution is -0.137. The molecule has 3 aromatic carbocycles. The highest BCUT2D eigenvalue weighted by Crippen LogP contribution is 2.56. The van der Waals surface area contributed by atoms with Crippen molar-refractivity contribution in [2.24, 2.45) is 4.99 Å². The van der Waals surface area contributed by atoms with Gasteiger partial charge >= 0.3 is 6.18 Å². The molecule has 7 heteroatoms. The van der Waals surface area contributed by atoms with Crippen molar-refractivity contribution in [1.29, 1.82) is 0 Å². The van der Waals surface area contributed by atoms with Gasteiger partial charge in [-0.3, -0.25) is 4.99 Å². The van der Waals surface area contributed by atoms with Crippen LogP contribution in [0.5, 0.6) is 11.5 Å². The van der Waals surface area contributed by atoms with Crippen molar-refractivity contribution in [1.82, 2.24) is 0 Å². The van der Waals surface area contributed by atoms with Gasteiger partial charge in [-0.1, -0.05) is 30.3 Å². The van der Waals surface area contributed by atoms with E-state index in [1.54, 1.807) is 24.2 Å². The van der Waals surface area contributed by atoms with Crippen molar-refractivity contribution in [2.45, 2.75) is 38.1 Å². The number of ether oxygens (including phenoxy) is 2. The van der Waals surface area contributed by atoms with Crippen molar-refractivity contribution >= 4 is 28.4 Å². The van der Waals surface area contributed by atoms with Crippen LogP contribution in [0.4, 0.5) is 24.5 Å². The second-order valence-corrected chi connectivity index (χ2v) is 8.68. The number of anilines is 1. The summed E-state index contributed by atoms with van der Waals surface area (Å²) in [5.74, 6) is 1.06. The van der Waals surface area contributed by atoms with Crippen molar-refractivity contribution < 1.29 is 22.6 Å². The van der Waals surface area contributed by atoms with E-state index in [9.17, 15) is 13.2 Å². The van der Waals surface area contributed by atoms with Crippen LogP contribution < -0.4 is 14.4 Å². The van der Waals surface area contributed by atoms with Crippen LogP contribution in [-0.4, -0.2) is 25.6 Å². The molecular formula is C25H23F3N2O2. The molecule has 32 heavy (non-hydrogen) atoms. The minimum atomic E-state index is -4.43. The summed E-state index contributed by atoms with van der Waals surface area (Å²) in [5.41, 5.74) is -0.586. The number of fused-ring (bicyclic) bond motifs is 4. The zero-order chi connectivity index (χ0) is 22.9. The molecule has 0 aliphatic carbocycles. The molecule has 1 spiro atoms. The van der Waals surface area contributed by atoms with Crippen LogP contribution in [0, 0.1) is 0 Å². The molecule has 0 N–H and O–H groups in total. The van der Waals surface area contributed by atoms with Gasteiger partial charge < -0.3 is 14.4 Å². The van der Waals surface area contributed by atoms with Crippen LogP contribution in [0.3, 0.4) is 0 Å². The predicted molar refractivity (Wildman–Crippen MR) is 120 cm³/mol. The molecule has 3 aromatic rings. The Morgan fingerprint density at radius 1 is 1.09 bits per heavy atom. The van der Waals surface area contributed by atoms with Crippen molar-refractivity contribution in [2.75, 3.05) is 18.6 Å². The molecular weight excluding hydrogens is 417 g/mol. The lowest BCUT2D eigenvalue weighted by atomic mass is 9.77. The lowest BCUT2D eigenvalue weighted by Gasteiger charge is -2.45. The number of hydrogen-bond donors (Lipinski definition) is 0. The molecule has 2 aliphatic heterocycles. The number of hydrogen-bond acceptors (Lipinski definition) is 4. The minimum absolute atomic E-state index is 0.444. The van der Waals surface area contributed by atoms with E-state index >= 15 is 0 Å². The monoisotopic (exact) mass is 440 g/mol. The van der Waals surface area contributed by atoms with Gasteiger partial charge in [0, 0.05) is 18.1 Å². The molecule has 1 unspecified atom stereocenters. The molecule has 5 rings (SSSR count). The fraction of sp³-hybridized carbons (Fsp3) is 0.320. The summed E-state index contributed by atoms with van der Waals surface area (Å²) in [6.07, 6.45) is -2.71. The molecule has 0 aromatic heterocycles. The first-order chi connectivity index (χ1) is 15.1. The van der Waals surface area contributed by atoms with E-state index in [4.69, 9.17) is 14.5 Å². The van der Waals surface area contributed by atoms with Gasteiger partial charge in [-0.25, -0.2) is 0 Å². The first kappa shape index (κ1) is 20.7. The van der Waals surface area contributed by atoms with Gasteiger partial charge in [0.25, 0.3) is 0 Å². The Balaban J connectivity index is 1.70. The molecule has 4 nitrogen and oxygen atoms in total. The number of nitrogens with zero attached hydrogens (tertiary/aromatic N) is 2. The highest BCUT2D eigenvalue weighted by atomic mass is 19.4. The second-order valence-electron chi connectivity index (χ2n) is 8.68. The summed E-state index contributed by atoms with van der Waals surface area (Å²) >= 11 is 0. The fourth-order valence-electron chi connectivity index (χ4n) is 4.86. The third-order valence-electron chi connectivity index (χ3n) is 6.62. The maximum Gasteiger partial charge on any atom is 0.416 e. The summed E-state index contributed by atoms with van der Waals surface area (Å²) in [4.78, 5) is 6.55. The highest BCUT2D eigenvalue weighted by molar-refractivity contribution is 6.01. The number of benzene rings is 3. The third kappa shape index (κ3) is 2.66. The van der Waals surface area contributed by atoms with E-state index < -0.39 is 22.9 Å². The Bertz CT molecular complexity index is 1270. The Labute approximate surface area is 184 Å². The zero-order valence-corrected chi connectivity index (χ0v) is 18.2. The van der Waals surface area contributed by atoms with E-state index in [0.29, 0.717) is 29.5 Å². The molecule has 2 aliphatic rings. The number of aliphatic imine (C=N–C) groups is 1. The minimum Gasteiger partial charge on any atom is -0.490 e. The summed E-state index contributed by atoms with van der Waals surface area (Å²) in [5, 5.41) is 1.90. The van der Waals surface area contributed by atoms with Gasteiger partial charge in [-0.2, -0.15) is 13.2 Å². The largest absolute Gasteiger partial charge is 0.490 e. The van der Waals surface area contributed by atoms with Gasteiger partial charge in [-0.15, -0.1) is 0 Å². The van der Waals surface area contributed by atoms with Crippen molar-refractivity contribution in [3.8, 4) is 11.5 Å². The lowest BCUT2D eigenvalue weighted by Crippen LogP contribution is -2.61. The number of halogens is 3. The first-order valence-corrected chi connectivity index (χ1v) is 10.5. The average Bonchev–Trinajstić information content (AvgIpc) is 2.91. The Morgan fingerprint density at radius 3 is 2.56 bits per heavy atom. The molecule has 0 radical (unpaired) electrons. The van der Waals surface area contributed by atoms with Crippen molar-refractivity contribution in [3.63, 3.8) is 0 Å². The van der Waals surface area contributed by atoms with E-state index in [2.05, 4.69) is 0 Å². The molecule has 1 atom stereocenters. The van der Waals surface area contributed by atoms with Gasteiger partial charge in [-0.05, 0) is 49.9 Å². The van der Waals surface area contributed by atoms with Crippen LogP contribution >= 0.6 is 0 Å². The maximum absolute atomic E-state index is 13.4. The second kappa shape index (κ2) is 6.64. The molecule has 0 saturated heterocycles. The predicted octanol–water partition coefficient (Wildman–Crippen LogP) is 6.48. The van der Waals surface area contributed by atoms with Crippen LogP contribution in [0.15, 0.2) is 53.5 Å². The van der Waals surface area contributed by atoms with Gasteiger partial charge in [0.2, 0.25) is 5.72 Å². The van der Waals surface area contributed by atoms with E-state index in [1.165, 1.54) is 6.07 Å². The first-order valence-electron chi connectivity index (χ1n) is 10.5. The normalized spacial score (nSPS) is 20.9.